The zero-order valence-electron chi connectivity index (χ0n) is 26.9. The van der Waals surface area contributed by atoms with E-state index in [4.69, 9.17) is 27.9 Å². The first-order valence-electron chi connectivity index (χ1n) is 15.6. The highest BCUT2D eigenvalue weighted by Crippen LogP contribution is 2.32. The maximum Gasteiger partial charge on any atom is 0.217 e. The lowest BCUT2D eigenvalue weighted by Crippen LogP contribution is -2.65. The average molecular weight is 716 g/mol. The Labute approximate surface area is 282 Å². The zero-order valence-corrected chi connectivity index (χ0v) is 27.8. The summed E-state index contributed by atoms with van der Waals surface area (Å²) in [6.45, 7) is 1.18. The van der Waals surface area contributed by atoms with Gasteiger partial charge in [-0.05, 0) is 12.9 Å². The summed E-state index contributed by atoms with van der Waals surface area (Å²) < 4.78 is 34.4. The van der Waals surface area contributed by atoms with Crippen LogP contribution >= 0.6 is 12.9 Å². The number of carbonyl (C=O) groups excluding carboxylic acids is 3. The predicted molar refractivity (Wildman–Crippen MR) is 163 cm³/mol. The molecule has 3 aliphatic heterocycles. The van der Waals surface area contributed by atoms with Gasteiger partial charge in [0.05, 0.1) is 76.6 Å². The minimum absolute atomic E-state index is 0.161. The SMILES string of the molecule is CC(=O)NC1[C@H](COC[C@H]2C(CO)O[C@@H](COC[C@@H]3C(CO)O[C@@H](O)C(NC(C)=O)[C@H]3O)C(NC(C)=O)[C@H]2OS)OC(CO)[C@@H](O)[C@@H]1O. The van der Waals surface area contributed by atoms with Gasteiger partial charge < -0.3 is 79.6 Å². The van der Waals surface area contributed by atoms with E-state index >= 15 is 0 Å². The van der Waals surface area contributed by atoms with Gasteiger partial charge in [0.25, 0.3) is 0 Å². The maximum absolute atomic E-state index is 12.2. The van der Waals surface area contributed by atoms with Crippen LogP contribution in [0, 0.1) is 11.8 Å². The first-order chi connectivity index (χ1) is 22.8. The van der Waals surface area contributed by atoms with Gasteiger partial charge in [-0.1, -0.05) is 0 Å². The number of aliphatic hydroxyl groups excluding tert-OH is 7. The molecule has 3 aliphatic rings. The molecular formula is C28H49N3O16S. The molecule has 0 aliphatic carbocycles. The fraction of sp³-hybridized carbons (Fsp3) is 0.893. The van der Waals surface area contributed by atoms with Gasteiger partial charge in [-0.2, -0.15) is 0 Å². The largest absolute Gasteiger partial charge is 0.394 e. The van der Waals surface area contributed by atoms with Gasteiger partial charge in [0, 0.05) is 32.6 Å². The second-order valence-corrected chi connectivity index (χ2v) is 12.4. The van der Waals surface area contributed by atoms with Crippen LogP contribution in [0.3, 0.4) is 0 Å². The van der Waals surface area contributed by atoms with Gasteiger partial charge in [-0.25, -0.2) is 0 Å². The Bertz CT molecular complexity index is 1050. The van der Waals surface area contributed by atoms with Gasteiger partial charge in [-0.15, -0.1) is 0 Å². The van der Waals surface area contributed by atoms with Gasteiger partial charge >= 0.3 is 0 Å². The monoisotopic (exact) mass is 715 g/mol. The van der Waals surface area contributed by atoms with E-state index in [1.54, 1.807) is 0 Å². The Morgan fingerprint density at radius 3 is 1.56 bits per heavy atom. The van der Waals surface area contributed by atoms with Crippen LogP contribution in [-0.4, -0.2) is 179 Å². The first-order valence-corrected chi connectivity index (χ1v) is 15.9. The smallest absolute Gasteiger partial charge is 0.217 e. The molecule has 10 N–H and O–H groups in total. The Morgan fingerprint density at radius 2 is 1.04 bits per heavy atom. The van der Waals surface area contributed by atoms with Crippen LogP contribution in [0.2, 0.25) is 0 Å². The quantitative estimate of drug-likeness (QED) is 0.0557. The number of amides is 3. The molecule has 3 saturated heterocycles. The lowest BCUT2D eigenvalue weighted by molar-refractivity contribution is -0.248. The highest BCUT2D eigenvalue weighted by atomic mass is 32.1. The number of carbonyl (C=O) groups is 3. The van der Waals surface area contributed by atoms with Crippen LogP contribution in [0.4, 0.5) is 0 Å². The molecule has 3 amide bonds. The summed E-state index contributed by atoms with van der Waals surface area (Å²) in [6, 6.07) is -3.16. The molecule has 48 heavy (non-hydrogen) atoms. The molecule has 6 unspecified atom stereocenters. The van der Waals surface area contributed by atoms with Crippen molar-refractivity contribution in [3.63, 3.8) is 0 Å². The van der Waals surface area contributed by atoms with E-state index in [9.17, 15) is 50.1 Å². The molecule has 0 aromatic rings. The van der Waals surface area contributed by atoms with Crippen molar-refractivity contribution in [1.82, 2.24) is 16.0 Å². The van der Waals surface area contributed by atoms with Crippen molar-refractivity contribution in [2.75, 3.05) is 46.2 Å². The summed E-state index contributed by atoms with van der Waals surface area (Å²) in [5, 5.41) is 79.2. The van der Waals surface area contributed by atoms with E-state index in [-0.39, 0.29) is 26.4 Å². The predicted octanol–water partition coefficient (Wildman–Crippen LogP) is -5.69. The maximum atomic E-state index is 12.2. The normalized spacial score (nSPS) is 40.2. The number of hydrogen-bond donors (Lipinski definition) is 11. The average Bonchev–Trinajstić information content (AvgIpc) is 3.03. The van der Waals surface area contributed by atoms with Crippen LogP contribution in [0.15, 0.2) is 0 Å². The summed E-state index contributed by atoms with van der Waals surface area (Å²) >= 11 is 4.02. The highest BCUT2D eigenvalue weighted by molar-refractivity contribution is 7.75. The third kappa shape index (κ3) is 10.2. The van der Waals surface area contributed by atoms with E-state index in [1.807, 2.05) is 0 Å². The summed E-state index contributed by atoms with van der Waals surface area (Å²) in [5.41, 5.74) is 0. The number of rotatable bonds is 15. The first kappa shape index (κ1) is 40.7. The Kier molecular flexibility index (Phi) is 16.1. The fourth-order valence-electron chi connectivity index (χ4n) is 6.36. The number of hydrogen-bond acceptors (Lipinski definition) is 17. The molecule has 19 nitrogen and oxygen atoms in total. The van der Waals surface area contributed by atoms with E-state index in [0.29, 0.717) is 0 Å². The standard InChI is InChI=1S/C28H49N3O16S/c1-11(35)29-21-19(45-18(6-34)25(39)26(21)40)9-43-8-15-17(5-33)44-20(22(27(15)47-48)30-12(2)36)10-42-7-14-16(4-32)46-28(41)23(24(14)38)31-13(3)37/h14-28,32-34,38-41,48H,4-10H2,1-3H3,(H,29,35)(H,30,36)(H,31,37)/t14-,15+,16?,17?,18?,19+,20+,21?,22?,23?,24+,25-,26-,27+,28-/m1/s1. The number of aliphatic hydroxyl groups is 7. The molecule has 0 radical (unpaired) electrons. The second kappa shape index (κ2) is 19.0. The van der Waals surface area contributed by atoms with Crippen molar-refractivity contribution in [2.45, 2.75) is 100 Å². The van der Waals surface area contributed by atoms with Gasteiger partial charge in [0.2, 0.25) is 17.7 Å². The van der Waals surface area contributed by atoms with Crippen LogP contribution in [0.25, 0.3) is 0 Å². The number of nitrogens with one attached hydrogen (secondary N) is 3. The van der Waals surface area contributed by atoms with E-state index < -0.39 is 129 Å². The van der Waals surface area contributed by atoms with Crippen molar-refractivity contribution in [2.24, 2.45) is 11.8 Å². The molecule has 278 valence electrons. The molecule has 15 atom stereocenters. The number of thiol groups is 1. The summed E-state index contributed by atoms with van der Waals surface area (Å²) in [7, 11) is 0. The lowest BCUT2D eigenvalue weighted by atomic mass is 9.85. The van der Waals surface area contributed by atoms with Crippen LogP contribution in [-0.2, 0) is 42.3 Å². The molecule has 0 spiro atoms. The minimum Gasteiger partial charge on any atom is -0.394 e. The topological polar surface area (TPSA) is 284 Å². The number of ether oxygens (including phenoxy) is 5. The van der Waals surface area contributed by atoms with Crippen molar-refractivity contribution in [3.8, 4) is 0 Å². The van der Waals surface area contributed by atoms with Crippen LogP contribution in [0.5, 0.6) is 0 Å². The molecule has 3 rings (SSSR count). The molecule has 0 saturated carbocycles. The van der Waals surface area contributed by atoms with Gasteiger partial charge in [0.1, 0.15) is 42.7 Å². The third-order valence-electron chi connectivity index (χ3n) is 8.71. The minimum atomic E-state index is -1.57. The molecule has 0 aromatic heterocycles. The van der Waals surface area contributed by atoms with E-state index in [1.165, 1.54) is 20.8 Å². The van der Waals surface area contributed by atoms with Gasteiger partial charge in [0.15, 0.2) is 6.29 Å². The summed E-state index contributed by atoms with van der Waals surface area (Å²) in [4.78, 5) is 35.6. The lowest BCUT2D eigenvalue weighted by Gasteiger charge is -2.46. The third-order valence-corrected chi connectivity index (χ3v) is 8.96. The molecule has 20 heteroatoms. The van der Waals surface area contributed by atoms with Crippen LogP contribution in [0.1, 0.15) is 20.8 Å². The second-order valence-electron chi connectivity index (χ2n) is 12.2. The van der Waals surface area contributed by atoms with Crippen LogP contribution < -0.4 is 16.0 Å². The molecule has 0 aromatic carbocycles. The highest BCUT2D eigenvalue weighted by Gasteiger charge is 2.49. The van der Waals surface area contributed by atoms with Crippen molar-refractivity contribution in [3.05, 3.63) is 0 Å². The van der Waals surface area contributed by atoms with Crippen molar-refractivity contribution in [1.29, 1.82) is 0 Å². The molecule has 3 fully saturated rings. The van der Waals surface area contributed by atoms with E-state index in [2.05, 4.69) is 28.9 Å². The Balaban J connectivity index is 1.70. The molecule has 0 bridgehead atoms. The van der Waals surface area contributed by atoms with Gasteiger partial charge in [-0.3, -0.25) is 14.4 Å². The van der Waals surface area contributed by atoms with Crippen molar-refractivity contribution < 1.29 is 78.0 Å². The zero-order chi connectivity index (χ0) is 35.7. The van der Waals surface area contributed by atoms with Crippen molar-refractivity contribution >= 4 is 30.6 Å². The fourth-order valence-corrected chi connectivity index (χ4v) is 6.65. The molecular weight excluding hydrogens is 666 g/mol. The van der Waals surface area contributed by atoms with E-state index in [0.717, 1.165) is 0 Å². The Hall–Kier alpha value is -1.76. The molecule has 3 heterocycles. The summed E-state index contributed by atoms with van der Waals surface area (Å²) in [5.74, 6) is -3.11. The Morgan fingerprint density at radius 1 is 0.583 bits per heavy atom. The summed E-state index contributed by atoms with van der Waals surface area (Å²) in [6.07, 6.45) is -11.8.